The molecule has 1 amide bonds. The van der Waals surface area contributed by atoms with Crippen molar-refractivity contribution in [1.29, 1.82) is 0 Å². The predicted octanol–water partition coefficient (Wildman–Crippen LogP) is 1.31. The molecule has 116 valence electrons. The summed E-state index contributed by atoms with van der Waals surface area (Å²) in [5.74, 6) is 0.246. The number of benzene rings is 1. The first-order valence-electron chi connectivity index (χ1n) is 6.86. The Hall–Kier alpha value is -2.84. The number of nitro groups is 1. The van der Waals surface area contributed by atoms with Crippen molar-refractivity contribution >= 4 is 11.6 Å². The smallest absolute Gasteiger partial charge is 0.269 e. The fraction of sp³-hybridized carbons (Fsp3) is 0.385. The van der Waals surface area contributed by atoms with E-state index in [4.69, 9.17) is 0 Å². The maximum Gasteiger partial charge on any atom is 0.269 e. The lowest BCUT2D eigenvalue weighted by Gasteiger charge is -2.14. The van der Waals surface area contributed by atoms with E-state index in [1.54, 1.807) is 12.1 Å². The first-order valence-corrected chi connectivity index (χ1v) is 6.86. The van der Waals surface area contributed by atoms with Crippen LogP contribution in [0.5, 0.6) is 0 Å². The van der Waals surface area contributed by atoms with Crippen molar-refractivity contribution in [2.45, 2.75) is 32.2 Å². The lowest BCUT2D eigenvalue weighted by atomic mass is 10.1. The number of H-pyrrole nitrogens is 1. The van der Waals surface area contributed by atoms with E-state index in [0.29, 0.717) is 17.8 Å². The molecule has 0 saturated heterocycles. The maximum atomic E-state index is 12.1. The van der Waals surface area contributed by atoms with Gasteiger partial charge in [-0.3, -0.25) is 14.9 Å². The van der Waals surface area contributed by atoms with Crippen LogP contribution in [0.25, 0.3) is 0 Å². The molecule has 0 spiro atoms. The molecule has 22 heavy (non-hydrogen) atoms. The van der Waals surface area contributed by atoms with E-state index in [9.17, 15) is 14.9 Å². The Labute approximate surface area is 126 Å². The second kappa shape index (κ2) is 7.25. The van der Waals surface area contributed by atoms with Crippen LogP contribution in [-0.2, 0) is 11.2 Å². The Morgan fingerprint density at radius 3 is 2.68 bits per heavy atom. The molecule has 0 aliphatic carbocycles. The first-order chi connectivity index (χ1) is 10.6. The Morgan fingerprint density at radius 1 is 1.41 bits per heavy atom. The number of carbonyl (C=O) groups is 1. The predicted molar refractivity (Wildman–Crippen MR) is 76.8 cm³/mol. The molecule has 0 bridgehead atoms. The number of tetrazole rings is 1. The summed E-state index contributed by atoms with van der Waals surface area (Å²) in [6.07, 6.45) is 1.69. The van der Waals surface area contributed by atoms with Crippen LogP contribution in [0.3, 0.4) is 0 Å². The molecule has 0 saturated carbocycles. The zero-order chi connectivity index (χ0) is 15.9. The second-order valence-corrected chi connectivity index (χ2v) is 4.78. The number of carbonyl (C=O) groups excluding carboxylic acids is 1. The van der Waals surface area contributed by atoms with Crippen molar-refractivity contribution in [2.24, 2.45) is 0 Å². The summed E-state index contributed by atoms with van der Waals surface area (Å²) >= 11 is 0. The van der Waals surface area contributed by atoms with Crippen LogP contribution >= 0.6 is 0 Å². The molecule has 9 nitrogen and oxygen atoms in total. The van der Waals surface area contributed by atoms with Gasteiger partial charge in [-0.1, -0.05) is 30.7 Å². The van der Waals surface area contributed by atoms with Crippen LogP contribution in [0, 0.1) is 10.1 Å². The molecule has 1 atom stereocenters. The van der Waals surface area contributed by atoms with Gasteiger partial charge < -0.3 is 5.32 Å². The second-order valence-electron chi connectivity index (χ2n) is 4.78. The summed E-state index contributed by atoms with van der Waals surface area (Å²) in [6, 6.07) is 5.60. The van der Waals surface area contributed by atoms with E-state index in [1.165, 1.54) is 12.1 Å². The molecule has 0 aliphatic rings. The first kappa shape index (κ1) is 15.5. The molecule has 9 heteroatoms. The molecule has 1 aromatic carbocycles. The number of non-ortho nitro benzene ring substituents is 1. The van der Waals surface area contributed by atoms with Crippen LogP contribution in [-0.4, -0.2) is 31.5 Å². The number of aromatic nitrogens is 4. The average molecular weight is 304 g/mol. The van der Waals surface area contributed by atoms with Crippen LogP contribution in [0.2, 0.25) is 0 Å². The number of hydrogen-bond acceptors (Lipinski definition) is 6. The Kier molecular flexibility index (Phi) is 5.12. The van der Waals surface area contributed by atoms with E-state index in [2.05, 4.69) is 25.9 Å². The van der Waals surface area contributed by atoms with E-state index < -0.39 is 4.92 Å². The van der Waals surface area contributed by atoms with Gasteiger partial charge in [0.1, 0.15) is 0 Å². The third kappa shape index (κ3) is 4.08. The van der Waals surface area contributed by atoms with Crippen molar-refractivity contribution in [3.8, 4) is 0 Å². The highest BCUT2D eigenvalue weighted by atomic mass is 16.6. The molecule has 0 fully saturated rings. The van der Waals surface area contributed by atoms with E-state index >= 15 is 0 Å². The number of aromatic amines is 1. The van der Waals surface area contributed by atoms with Gasteiger partial charge in [0, 0.05) is 12.1 Å². The molecule has 2 rings (SSSR count). The van der Waals surface area contributed by atoms with Gasteiger partial charge in [-0.15, -0.1) is 10.2 Å². The van der Waals surface area contributed by atoms with Crippen molar-refractivity contribution in [3.63, 3.8) is 0 Å². The van der Waals surface area contributed by atoms with E-state index in [0.717, 1.165) is 6.42 Å². The number of amides is 1. The quantitative estimate of drug-likeness (QED) is 0.586. The molecule has 1 heterocycles. The number of nitro benzene ring substituents is 1. The Morgan fingerprint density at radius 2 is 2.14 bits per heavy atom. The van der Waals surface area contributed by atoms with Gasteiger partial charge in [-0.25, -0.2) is 0 Å². The van der Waals surface area contributed by atoms with Crippen LogP contribution in [0.4, 0.5) is 5.69 Å². The minimum atomic E-state index is -0.475. The summed E-state index contributed by atoms with van der Waals surface area (Å²) in [5, 5.41) is 27.1. The van der Waals surface area contributed by atoms with Gasteiger partial charge in [-0.2, -0.15) is 5.21 Å². The lowest BCUT2D eigenvalue weighted by Crippen LogP contribution is -2.30. The number of nitrogens with zero attached hydrogens (tertiary/aromatic N) is 4. The highest BCUT2D eigenvalue weighted by Crippen LogP contribution is 2.15. The number of nitrogens with one attached hydrogen (secondary N) is 2. The summed E-state index contributed by atoms with van der Waals surface area (Å²) in [7, 11) is 0. The molecule has 2 N–H and O–H groups in total. The standard InChI is InChI=1S/C13H16N6O3/c1-2-3-11(13-15-17-18-16-13)14-12(20)8-9-4-6-10(7-5-9)19(21)22/h4-7,11H,2-3,8H2,1H3,(H,14,20)(H,15,16,17,18)/t11-/m1/s1. The summed E-state index contributed by atoms with van der Waals surface area (Å²) in [4.78, 5) is 22.2. The van der Waals surface area contributed by atoms with Gasteiger partial charge in [-0.05, 0) is 12.0 Å². The highest BCUT2D eigenvalue weighted by molar-refractivity contribution is 5.79. The fourth-order valence-electron chi connectivity index (χ4n) is 2.04. The fourth-order valence-corrected chi connectivity index (χ4v) is 2.04. The molecule has 0 unspecified atom stereocenters. The topological polar surface area (TPSA) is 127 Å². The zero-order valence-electron chi connectivity index (χ0n) is 12.0. The molecule has 0 aliphatic heterocycles. The third-order valence-electron chi connectivity index (χ3n) is 3.10. The minimum absolute atomic E-state index is 0.000171. The summed E-state index contributed by atoms with van der Waals surface area (Å²) < 4.78 is 0. The zero-order valence-corrected chi connectivity index (χ0v) is 12.0. The van der Waals surface area contributed by atoms with Crippen molar-refractivity contribution < 1.29 is 9.72 Å². The summed E-state index contributed by atoms with van der Waals surface area (Å²) in [5.41, 5.74) is 0.700. The van der Waals surface area contributed by atoms with Crippen molar-refractivity contribution in [3.05, 3.63) is 45.8 Å². The SMILES string of the molecule is CCC[C@@H](NC(=O)Cc1ccc([N+](=O)[O-])cc1)c1nn[nH]n1. The molecular formula is C13H16N6O3. The normalized spacial score (nSPS) is 11.9. The minimum Gasteiger partial charge on any atom is -0.346 e. The highest BCUT2D eigenvalue weighted by Gasteiger charge is 2.18. The van der Waals surface area contributed by atoms with E-state index in [1.807, 2.05) is 6.92 Å². The van der Waals surface area contributed by atoms with Crippen molar-refractivity contribution in [1.82, 2.24) is 25.9 Å². The number of hydrogen-bond donors (Lipinski definition) is 2. The van der Waals surface area contributed by atoms with Crippen LogP contribution in [0.15, 0.2) is 24.3 Å². The lowest BCUT2D eigenvalue weighted by molar-refractivity contribution is -0.384. The third-order valence-corrected chi connectivity index (χ3v) is 3.10. The Balaban J connectivity index is 1.97. The van der Waals surface area contributed by atoms with Gasteiger partial charge in [0.05, 0.1) is 17.4 Å². The molecule has 2 aromatic rings. The largest absolute Gasteiger partial charge is 0.346 e. The monoisotopic (exact) mass is 304 g/mol. The Bertz CT molecular complexity index is 626. The van der Waals surface area contributed by atoms with E-state index in [-0.39, 0.29) is 24.1 Å². The van der Waals surface area contributed by atoms with Gasteiger partial charge in [0.15, 0.2) is 5.82 Å². The van der Waals surface area contributed by atoms with Crippen LogP contribution in [0.1, 0.15) is 37.2 Å². The van der Waals surface area contributed by atoms with Gasteiger partial charge >= 0.3 is 0 Å². The number of rotatable bonds is 7. The molecule has 1 aromatic heterocycles. The molecule has 0 radical (unpaired) electrons. The summed E-state index contributed by atoms with van der Waals surface area (Å²) in [6.45, 7) is 2.00. The average Bonchev–Trinajstić information content (AvgIpc) is 3.01. The van der Waals surface area contributed by atoms with Crippen molar-refractivity contribution in [2.75, 3.05) is 0 Å². The van der Waals surface area contributed by atoms with Gasteiger partial charge in [0.25, 0.3) is 5.69 Å². The van der Waals surface area contributed by atoms with Gasteiger partial charge in [0.2, 0.25) is 5.91 Å². The van der Waals surface area contributed by atoms with Crippen LogP contribution < -0.4 is 5.32 Å². The maximum absolute atomic E-state index is 12.1. The molecular weight excluding hydrogens is 288 g/mol.